The molecule has 94 valence electrons. The van der Waals surface area contributed by atoms with Crippen LogP contribution in [0.3, 0.4) is 0 Å². The van der Waals surface area contributed by atoms with Gasteiger partial charge in [0.05, 0.1) is 11.6 Å². The van der Waals surface area contributed by atoms with Crippen molar-refractivity contribution in [3.05, 3.63) is 54.2 Å². The number of hydrogen-bond acceptors (Lipinski definition) is 2. The van der Waals surface area contributed by atoms with Crippen LogP contribution in [0.15, 0.2) is 48.7 Å². The molecule has 2 aromatic rings. The van der Waals surface area contributed by atoms with Gasteiger partial charge in [0.25, 0.3) is 0 Å². The van der Waals surface area contributed by atoms with Crippen LogP contribution >= 0.6 is 0 Å². The van der Waals surface area contributed by atoms with E-state index < -0.39 is 0 Å². The number of para-hydroxylation sites is 1. The molecule has 1 heterocycles. The summed E-state index contributed by atoms with van der Waals surface area (Å²) in [6, 6.07) is 10.6. The number of rotatable bonds is 5. The van der Waals surface area contributed by atoms with Gasteiger partial charge in [0.15, 0.2) is 0 Å². The van der Waals surface area contributed by atoms with Gasteiger partial charge in [0.2, 0.25) is 0 Å². The normalized spacial score (nSPS) is 12.6. The lowest BCUT2D eigenvalue weighted by molar-refractivity contribution is 0.593. The van der Waals surface area contributed by atoms with Crippen molar-refractivity contribution in [1.82, 2.24) is 10.3 Å². The van der Waals surface area contributed by atoms with Gasteiger partial charge in [-0.3, -0.25) is 4.98 Å². The third-order valence-electron chi connectivity index (χ3n) is 3.07. The Morgan fingerprint density at radius 3 is 2.83 bits per heavy atom. The lowest BCUT2D eigenvalue weighted by atomic mass is 9.98. The second-order valence-corrected chi connectivity index (χ2v) is 4.66. The van der Waals surface area contributed by atoms with Gasteiger partial charge in [0.1, 0.15) is 0 Å². The first-order chi connectivity index (χ1) is 8.74. The summed E-state index contributed by atoms with van der Waals surface area (Å²) in [4.78, 5) is 4.51. The number of benzene rings is 1. The average Bonchev–Trinajstić information content (AvgIpc) is 2.39. The molecule has 1 unspecified atom stereocenters. The van der Waals surface area contributed by atoms with E-state index >= 15 is 0 Å². The summed E-state index contributed by atoms with van der Waals surface area (Å²) in [5.74, 6) is 0. The molecule has 0 saturated heterocycles. The van der Waals surface area contributed by atoms with Crippen molar-refractivity contribution in [2.45, 2.75) is 26.3 Å². The fraction of sp³-hybridized carbons (Fsp3) is 0.312. The second kappa shape index (κ2) is 5.78. The van der Waals surface area contributed by atoms with E-state index in [-0.39, 0.29) is 6.04 Å². The third-order valence-corrected chi connectivity index (χ3v) is 3.07. The monoisotopic (exact) mass is 240 g/mol. The maximum absolute atomic E-state index is 4.51. The molecule has 0 aliphatic heterocycles. The Balaban J connectivity index is 2.46. The van der Waals surface area contributed by atoms with Crippen LogP contribution in [0, 0.1) is 0 Å². The van der Waals surface area contributed by atoms with Crippen molar-refractivity contribution in [3.8, 4) is 0 Å². The molecule has 0 fully saturated rings. The van der Waals surface area contributed by atoms with Crippen LogP contribution < -0.4 is 5.32 Å². The van der Waals surface area contributed by atoms with E-state index in [0.29, 0.717) is 0 Å². The number of aromatic nitrogens is 1. The van der Waals surface area contributed by atoms with Gasteiger partial charge >= 0.3 is 0 Å². The molecule has 0 saturated carbocycles. The summed E-state index contributed by atoms with van der Waals surface area (Å²) in [6.07, 6.45) is 2.96. The SMILES string of the molecule is C=C(C)C(NCCC)c1cccc2cccnc12. The van der Waals surface area contributed by atoms with Gasteiger partial charge in [-0.05, 0) is 31.5 Å². The zero-order valence-electron chi connectivity index (χ0n) is 11.1. The molecule has 2 rings (SSSR count). The van der Waals surface area contributed by atoms with Gasteiger partial charge in [-0.15, -0.1) is 0 Å². The first kappa shape index (κ1) is 12.8. The molecule has 0 bridgehead atoms. The highest BCUT2D eigenvalue weighted by Gasteiger charge is 2.14. The molecule has 2 heteroatoms. The molecule has 0 aliphatic carbocycles. The van der Waals surface area contributed by atoms with Gasteiger partial charge in [0, 0.05) is 11.6 Å². The average molecular weight is 240 g/mol. The minimum atomic E-state index is 0.184. The van der Waals surface area contributed by atoms with Crippen molar-refractivity contribution in [2.24, 2.45) is 0 Å². The highest BCUT2D eigenvalue weighted by atomic mass is 14.9. The quantitative estimate of drug-likeness (QED) is 0.803. The van der Waals surface area contributed by atoms with Crippen LogP contribution in [0.4, 0.5) is 0 Å². The van der Waals surface area contributed by atoms with Gasteiger partial charge in [-0.25, -0.2) is 0 Å². The summed E-state index contributed by atoms with van der Waals surface area (Å²) in [7, 11) is 0. The Labute approximate surface area is 109 Å². The number of pyridine rings is 1. The fourth-order valence-corrected chi connectivity index (χ4v) is 2.20. The number of hydrogen-bond donors (Lipinski definition) is 1. The molecule has 0 amide bonds. The maximum Gasteiger partial charge on any atom is 0.0753 e. The van der Waals surface area contributed by atoms with Gasteiger partial charge < -0.3 is 5.32 Å². The second-order valence-electron chi connectivity index (χ2n) is 4.66. The number of nitrogens with zero attached hydrogens (tertiary/aromatic N) is 1. The molecule has 0 spiro atoms. The molecule has 0 radical (unpaired) electrons. The van der Waals surface area contributed by atoms with Crippen molar-refractivity contribution in [2.75, 3.05) is 6.54 Å². The lowest BCUT2D eigenvalue weighted by Gasteiger charge is -2.20. The van der Waals surface area contributed by atoms with E-state index in [2.05, 4.69) is 55.0 Å². The zero-order chi connectivity index (χ0) is 13.0. The minimum absolute atomic E-state index is 0.184. The van der Waals surface area contributed by atoms with Crippen LogP contribution in [0.5, 0.6) is 0 Å². The minimum Gasteiger partial charge on any atom is -0.306 e. The summed E-state index contributed by atoms with van der Waals surface area (Å²) in [5.41, 5.74) is 3.41. The molecule has 1 atom stereocenters. The standard InChI is InChI=1S/C16H20N2/c1-4-10-17-15(12(2)3)14-9-5-7-13-8-6-11-18-16(13)14/h5-9,11,15,17H,2,4,10H2,1,3H3. The molecular weight excluding hydrogens is 220 g/mol. The predicted molar refractivity (Wildman–Crippen MR) is 77.6 cm³/mol. The first-order valence-electron chi connectivity index (χ1n) is 6.46. The van der Waals surface area contributed by atoms with E-state index in [1.807, 2.05) is 12.3 Å². The van der Waals surface area contributed by atoms with Crippen molar-refractivity contribution < 1.29 is 0 Å². The van der Waals surface area contributed by atoms with E-state index in [4.69, 9.17) is 0 Å². The molecule has 1 aromatic heterocycles. The topological polar surface area (TPSA) is 24.9 Å². The molecule has 1 N–H and O–H groups in total. The molecule has 18 heavy (non-hydrogen) atoms. The summed E-state index contributed by atoms with van der Waals surface area (Å²) >= 11 is 0. The fourth-order valence-electron chi connectivity index (χ4n) is 2.20. The maximum atomic E-state index is 4.51. The molecule has 2 nitrogen and oxygen atoms in total. The van der Waals surface area contributed by atoms with Crippen molar-refractivity contribution >= 4 is 10.9 Å². The summed E-state index contributed by atoms with van der Waals surface area (Å²) in [6.45, 7) is 9.32. The summed E-state index contributed by atoms with van der Waals surface area (Å²) < 4.78 is 0. The molecule has 1 aromatic carbocycles. The Bertz CT molecular complexity index is 540. The van der Waals surface area contributed by atoms with Crippen LogP contribution in [-0.4, -0.2) is 11.5 Å². The van der Waals surface area contributed by atoms with Crippen LogP contribution in [-0.2, 0) is 0 Å². The lowest BCUT2D eigenvalue weighted by Crippen LogP contribution is -2.23. The summed E-state index contributed by atoms with van der Waals surface area (Å²) in [5, 5.41) is 4.72. The molecular formula is C16H20N2. The predicted octanol–water partition coefficient (Wildman–Crippen LogP) is 3.85. The van der Waals surface area contributed by atoms with Crippen LogP contribution in [0.1, 0.15) is 31.9 Å². The Morgan fingerprint density at radius 1 is 1.33 bits per heavy atom. The number of fused-ring (bicyclic) bond motifs is 1. The Morgan fingerprint density at radius 2 is 2.11 bits per heavy atom. The largest absolute Gasteiger partial charge is 0.306 e. The molecule has 0 aliphatic rings. The van der Waals surface area contributed by atoms with Crippen LogP contribution in [0.25, 0.3) is 10.9 Å². The smallest absolute Gasteiger partial charge is 0.0753 e. The van der Waals surface area contributed by atoms with Gasteiger partial charge in [-0.1, -0.05) is 43.3 Å². The van der Waals surface area contributed by atoms with E-state index in [9.17, 15) is 0 Å². The highest BCUT2D eigenvalue weighted by Crippen LogP contribution is 2.26. The third kappa shape index (κ3) is 2.59. The first-order valence-corrected chi connectivity index (χ1v) is 6.46. The Hall–Kier alpha value is -1.67. The van der Waals surface area contributed by atoms with E-state index in [0.717, 1.165) is 24.1 Å². The highest BCUT2D eigenvalue weighted by molar-refractivity contribution is 5.82. The zero-order valence-corrected chi connectivity index (χ0v) is 11.1. The van der Waals surface area contributed by atoms with E-state index in [1.165, 1.54) is 10.9 Å². The van der Waals surface area contributed by atoms with E-state index in [1.54, 1.807) is 0 Å². The number of nitrogens with one attached hydrogen (secondary N) is 1. The van der Waals surface area contributed by atoms with Crippen molar-refractivity contribution in [3.63, 3.8) is 0 Å². The Kier molecular flexibility index (Phi) is 4.11. The van der Waals surface area contributed by atoms with Gasteiger partial charge in [-0.2, -0.15) is 0 Å². The van der Waals surface area contributed by atoms with Crippen LogP contribution in [0.2, 0.25) is 0 Å². The van der Waals surface area contributed by atoms with Crippen molar-refractivity contribution in [1.29, 1.82) is 0 Å².